The summed E-state index contributed by atoms with van der Waals surface area (Å²) in [6.45, 7) is 2.39. The number of ether oxygens (including phenoxy) is 1. The Balaban J connectivity index is 1.88. The van der Waals surface area contributed by atoms with Crippen LogP contribution in [0, 0.1) is 0 Å². The Bertz CT molecular complexity index is 1820. The number of sulfonamides is 1. The lowest BCUT2D eigenvalue weighted by atomic mass is 10.0. The van der Waals surface area contributed by atoms with Gasteiger partial charge < -0.3 is 15.0 Å². The minimum atomic E-state index is -4.83. The van der Waals surface area contributed by atoms with Crippen molar-refractivity contribution in [2.45, 2.75) is 50.0 Å². The molecule has 2 amide bonds. The van der Waals surface area contributed by atoms with E-state index in [4.69, 9.17) is 16.3 Å². The van der Waals surface area contributed by atoms with E-state index in [0.717, 1.165) is 17.7 Å². The molecule has 8 nitrogen and oxygen atoms in total. The van der Waals surface area contributed by atoms with Crippen LogP contribution >= 0.6 is 11.6 Å². The standard InChI is InChI=1S/C35H35ClF3N3O5S/c1-24(2)40-34(44)32(20-25-11-6-4-7-12-25)41(22-26-13-10-14-28(19-26)47-3)33(43)23-42(48(45,46)29-15-8-5-9-16-29)31-21-27(35(37,38)39)17-18-30(31)36/h4-19,21,24,32H,20,22-23H2,1-3H3,(H,40,44). The van der Waals surface area contributed by atoms with Crippen LogP contribution < -0.4 is 14.4 Å². The number of nitrogens with one attached hydrogen (secondary N) is 1. The predicted octanol–water partition coefficient (Wildman–Crippen LogP) is 6.73. The monoisotopic (exact) mass is 701 g/mol. The normalized spacial score (nSPS) is 12.3. The number of alkyl halides is 3. The van der Waals surface area contributed by atoms with Gasteiger partial charge in [-0.25, -0.2) is 8.42 Å². The van der Waals surface area contributed by atoms with Crippen molar-refractivity contribution in [3.63, 3.8) is 0 Å². The van der Waals surface area contributed by atoms with E-state index >= 15 is 0 Å². The maximum Gasteiger partial charge on any atom is 0.416 e. The van der Waals surface area contributed by atoms with E-state index in [1.165, 1.54) is 36.3 Å². The van der Waals surface area contributed by atoms with Crippen LogP contribution in [-0.2, 0) is 38.8 Å². The topological polar surface area (TPSA) is 96.0 Å². The Hall–Kier alpha value is -4.55. The van der Waals surface area contributed by atoms with Gasteiger partial charge in [0, 0.05) is 19.0 Å². The van der Waals surface area contributed by atoms with E-state index in [1.807, 2.05) is 0 Å². The van der Waals surface area contributed by atoms with Crippen molar-refractivity contribution in [2.24, 2.45) is 0 Å². The maximum atomic E-state index is 14.5. The van der Waals surface area contributed by atoms with Gasteiger partial charge in [0.15, 0.2) is 0 Å². The Kier molecular flexibility index (Phi) is 11.8. The zero-order valence-corrected chi connectivity index (χ0v) is 28.0. The van der Waals surface area contributed by atoms with Gasteiger partial charge >= 0.3 is 6.18 Å². The molecule has 0 spiro atoms. The smallest absolute Gasteiger partial charge is 0.416 e. The first-order valence-corrected chi connectivity index (χ1v) is 16.7. The number of halogens is 4. The molecule has 0 bridgehead atoms. The number of carbonyl (C=O) groups is 2. The molecule has 0 fully saturated rings. The fourth-order valence-corrected chi connectivity index (χ4v) is 6.73. The number of carbonyl (C=O) groups excluding carboxylic acids is 2. The number of hydrogen-bond donors (Lipinski definition) is 1. The van der Waals surface area contributed by atoms with Crippen molar-refractivity contribution in [1.82, 2.24) is 10.2 Å². The zero-order valence-electron chi connectivity index (χ0n) is 26.4. The summed E-state index contributed by atoms with van der Waals surface area (Å²) in [6.07, 6.45) is -4.77. The highest BCUT2D eigenvalue weighted by molar-refractivity contribution is 7.92. The van der Waals surface area contributed by atoms with Crippen molar-refractivity contribution in [3.8, 4) is 5.75 Å². The summed E-state index contributed by atoms with van der Waals surface area (Å²) in [6, 6.07) is 23.5. The van der Waals surface area contributed by atoms with Crippen LogP contribution in [0.25, 0.3) is 0 Å². The van der Waals surface area contributed by atoms with Crippen molar-refractivity contribution < 1.29 is 35.9 Å². The summed E-state index contributed by atoms with van der Waals surface area (Å²) in [4.78, 5) is 29.3. The van der Waals surface area contributed by atoms with Crippen LogP contribution in [0.15, 0.2) is 108 Å². The molecule has 48 heavy (non-hydrogen) atoms. The fourth-order valence-electron chi connectivity index (χ4n) is 5.02. The Labute approximate surface area is 283 Å². The number of amides is 2. The summed E-state index contributed by atoms with van der Waals surface area (Å²) in [5.41, 5.74) is -0.419. The molecular formula is C35H35ClF3N3O5S. The van der Waals surface area contributed by atoms with Gasteiger partial charge in [0.1, 0.15) is 18.3 Å². The first-order valence-electron chi connectivity index (χ1n) is 14.9. The van der Waals surface area contributed by atoms with Crippen molar-refractivity contribution in [2.75, 3.05) is 18.0 Å². The average molecular weight is 702 g/mol. The van der Waals surface area contributed by atoms with Crippen LogP contribution in [-0.4, -0.2) is 50.9 Å². The number of benzene rings is 4. The van der Waals surface area contributed by atoms with Gasteiger partial charge in [0.05, 0.1) is 28.3 Å². The highest BCUT2D eigenvalue weighted by Gasteiger charge is 2.37. The van der Waals surface area contributed by atoms with Crippen LogP contribution in [0.5, 0.6) is 5.75 Å². The van der Waals surface area contributed by atoms with E-state index < -0.39 is 51.9 Å². The minimum Gasteiger partial charge on any atom is -0.497 e. The molecule has 0 radical (unpaired) electrons. The molecule has 0 aliphatic carbocycles. The highest BCUT2D eigenvalue weighted by Crippen LogP contribution is 2.37. The van der Waals surface area contributed by atoms with Gasteiger partial charge in [-0.1, -0.05) is 72.3 Å². The first-order chi connectivity index (χ1) is 22.7. The molecule has 1 unspecified atom stereocenters. The van der Waals surface area contributed by atoms with Crippen LogP contribution in [0.4, 0.5) is 18.9 Å². The molecule has 0 aliphatic rings. The molecule has 254 valence electrons. The summed E-state index contributed by atoms with van der Waals surface area (Å²) in [5, 5.41) is 2.52. The second kappa shape index (κ2) is 15.6. The maximum absolute atomic E-state index is 14.5. The zero-order chi connectivity index (χ0) is 35.1. The third kappa shape index (κ3) is 9.07. The molecular weight excluding hydrogens is 667 g/mol. The van der Waals surface area contributed by atoms with Gasteiger partial charge in [0.25, 0.3) is 10.0 Å². The third-order valence-electron chi connectivity index (χ3n) is 7.34. The number of methoxy groups -OCH3 is 1. The molecule has 0 aromatic heterocycles. The average Bonchev–Trinajstić information content (AvgIpc) is 3.05. The van der Waals surface area contributed by atoms with Crippen molar-refractivity contribution in [3.05, 3.63) is 125 Å². The minimum absolute atomic E-state index is 0.0604. The molecule has 0 heterocycles. The molecule has 1 N–H and O–H groups in total. The highest BCUT2D eigenvalue weighted by atomic mass is 35.5. The van der Waals surface area contributed by atoms with Gasteiger partial charge in [-0.15, -0.1) is 0 Å². The number of nitrogens with zero attached hydrogens (tertiary/aromatic N) is 2. The second-order valence-electron chi connectivity index (χ2n) is 11.2. The van der Waals surface area contributed by atoms with Gasteiger partial charge in [0.2, 0.25) is 11.8 Å². The second-order valence-corrected chi connectivity index (χ2v) is 13.5. The molecule has 13 heteroatoms. The molecule has 0 saturated heterocycles. The summed E-state index contributed by atoms with van der Waals surface area (Å²) in [7, 11) is -3.19. The number of hydrogen-bond acceptors (Lipinski definition) is 5. The van der Waals surface area contributed by atoms with Crippen molar-refractivity contribution in [1.29, 1.82) is 0 Å². The fraction of sp³-hybridized carbons (Fsp3) is 0.257. The summed E-state index contributed by atoms with van der Waals surface area (Å²) >= 11 is 6.36. The molecule has 0 aliphatic heterocycles. The van der Waals surface area contributed by atoms with Crippen LogP contribution in [0.1, 0.15) is 30.5 Å². The summed E-state index contributed by atoms with van der Waals surface area (Å²) < 4.78 is 75.6. The molecule has 0 saturated carbocycles. The molecule has 1 atom stereocenters. The van der Waals surface area contributed by atoms with E-state index in [-0.39, 0.29) is 28.9 Å². The largest absolute Gasteiger partial charge is 0.497 e. The number of rotatable bonds is 13. The molecule has 4 aromatic rings. The van der Waals surface area contributed by atoms with E-state index in [2.05, 4.69) is 5.32 Å². The van der Waals surface area contributed by atoms with E-state index in [0.29, 0.717) is 21.7 Å². The molecule has 4 aromatic carbocycles. The quantitative estimate of drug-likeness (QED) is 0.167. The lowest BCUT2D eigenvalue weighted by molar-refractivity contribution is -0.140. The van der Waals surface area contributed by atoms with Crippen molar-refractivity contribution >= 4 is 39.1 Å². The van der Waals surface area contributed by atoms with Gasteiger partial charge in [-0.2, -0.15) is 13.2 Å². The Morgan fingerprint density at radius 2 is 1.50 bits per heavy atom. The first kappa shape index (κ1) is 36.3. The number of anilines is 1. The summed E-state index contributed by atoms with van der Waals surface area (Å²) in [5.74, 6) is -0.875. The molecule has 4 rings (SSSR count). The van der Waals surface area contributed by atoms with Crippen LogP contribution in [0.3, 0.4) is 0 Å². The van der Waals surface area contributed by atoms with E-state index in [9.17, 15) is 31.2 Å². The van der Waals surface area contributed by atoms with E-state index in [1.54, 1.807) is 74.5 Å². The predicted molar refractivity (Wildman–Crippen MR) is 178 cm³/mol. The lowest BCUT2D eigenvalue weighted by Gasteiger charge is -2.34. The van der Waals surface area contributed by atoms with Crippen LogP contribution in [0.2, 0.25) is 5.02 Å². The Morgan fingerprint density at radius 1 is 0.875 bits per heavy atom. The van der Waals surface area contributed by atoms with Gasteiger partial charge in [-0.05, 0) is 67.4 Å². The third-order valence-corrected chi connectivity index (χ3v) is 9.43. The lowest BCUT2D eigenvalue weighted by Crippen LogP contribution is -2.54. The Morgan fingerprint density at radius 3 is 2.10 bits per heavy atom. The van der Waals surface area contributed by atoms with Gasteiger partial charge in [-0.3, -0.25) is 13.9 Å². The SMILES string of the molecule is COc1cccc(CN(C(=O)CN(c2cc(C(F)(F)F)ccc2Cl)S(=O)(=O)c2ccccc2)C(Cc2ccccc2)C(=O)NC(C)C)c1.